The zero-order valence-corrected chi connectivity index (χ0v) is 16.3. The SMILES string of the molecule is Cc1nn(-c2ccccc2)c(C)c1C1SCC(=O)N1CCc1cccnc1. The number of pyridine rings is 1. The first-order chi connectivity index (χ1) is 13.1. The van der Waals surface area contributed by atoms with Crippen LogP contribution in [0.4, 0.5) is 0 Å². The van der Waals surface area contributed by atoms with E-state index in [0.29, 0.717) is 12.3 Å². The maximum absolute atomic E-state index is 12.5. The lowest BCUT2D eigenvalue weighted by molar-refractivity contribution is -0.128. The lowest BCUT2D eigenvalue weighted by Crippen LogP contribution is -2.30. The van der Waals surface area contributed by atoms with Gasteiger partial charge in [0.15, 0.2) is 0 Å². The second-order valence-electron chi connectivity index (χ2n) is 6.69. The number of amides is 1. The van der Waals surface area contributed by atoms with Gasteiger partial charge in [-0.3, -0.25) is 9.78 Å². The van der Waals surface area contributed by atoms with Crippen LogP contribution in [0.2, 0.25) is 0 Å². The lowest BCUT2D eigenvalue weighted by Gasteiger charge is -2.24. The van der Waals surface area contributed by atoms with Gasteiger partial charge in [-0.15, -0.1) is 11.8 Å². The van der Waals surface area contributed by atoms with Crippen LogP contribution in [0.25, 0.3) is 5.69 Å². The summed E-state index contributed by atoms with van der Waals surface area (Å²) < 4.78 is 1.98. The number of para-hydroxylation sites is 1. The molecule has 1 aromatic carbocycles. The van der Waals surface area contributed by atoms with Crippen LogP contribution in [-0.2, 0) is 11.2 Å². The van der Waals surface area contributed by atoms with Crippen molar-refractivity contribution >= 4 is 17.7 Å². The zero-order valence-electron chi connectivity index (χ0n) is 15.5. The molecule has 1 fully saturated rings. The summed E-state index contributed by atoms with van der Waals surface area (Å²) in [5.41, 5.74) is 5.42. The number of thioether (sulfide) groups is 1. The van der Waals surface area contributed by atoms with Crippen LogP contribution >= 0.6 is 11.8 Å². The van der Waals surface area contributed by atoms with Gasteiger partial charge in [-0.2, -0.15) is 5.10 Å². The molecule has 1 amide bonds. The van der Waals surface area contributed by atoms with E-state index in [2.05, 4.69) is 30.1 Å². The number of aryl methyl sites for hydroxylation is 1. The Balaban J connectivity index is 1.62. The summed E-state index contributed by atoms with van der Waals surface area (Å²) in [6.07, 6.45) is 4.45. The topological polar surface area (TPSA) is 51.0 Å². The lowest BCUT2D eigenvalue weighted by atomic mass is 10.1. The molecular formula is C21H22N4OS. The second kappa shape index (κ2) is 7.56. The van der Waals surface area contributed by atoms with E-state index in [1.807, 2.05) is 47.0 Å². The molecule has 1 aliphatic heterocycles. The standard InChI is InChI=1S/C21H22N4OS/c1-15-20(16(2)25(23-15)18-8-4-3-5-9-18)21-24(19(26)14-27-21)12-10-17-7-6-11-22-13-17/h3-9,11,13,21H,10,12,14H2,1-2H3. The average molecular weight is 379 g/mol. The highest BCUT2D eigenvalue weighted by molar-refractivity contribution is 8.00. The van der Waals surface area contributed by atoms with Gasteiger partial charge in [0.05, 0.1) is 17.1 Å². The molecule has 2 aromatic heterocycles. The summed E-state index contributed by atoms with van der Waals surface area (Å²) in [4.78, 5) is 18.7. The zero-order chi connectivity index (χ0) is 18.8. The van der Waals surface area contributed by atoms with Crippen LogP contribution in [0.1, 0.15) is 27.9 Å². The molecule has 3 heterocycles. The van der Waals surface area contributed by atoms with Crippen LogP contribution in [0.5, 0.6) is 0 Å². The summed E-state index contributed by atoms with van der Waals surface area (Å²) in [5, 5.41) is 4.78. The Kier molecular flexibility index (Phi) is 4.99. The van der Waals surface area contributed by atoms with Gasteiger partial charge >= 0.3 is 0 Å². The molecule has 27 heavy (non-hydrogen) atoms. The highest BCUT2D eigenvalue weighted by Gasteiger charge is 2.36. The fourth-order valence-electron chi connectivity index (χ4n) is 3.56. The Hall–Kier alpha value is -2.60. The maximum atomic E-state index is 12.5. The highest BCUT2D eigenvalue weighted by Crippen LogP contribution is 2.41. The highest BCUT2D eigenvalue weighted by atomic mass is 32.2. The van der Waals surface area contributed by atoms with E-state index in [-0.39, 0.29) is 11.3 Å². The third kappa shape index (κ3) is 3.49. The van der Waals surface area contributed by atoms with E-state index >= 15 is 0 Å². The number of hydrogen-bond donors (Lipinski definition) is 0. The second-order valence-corrected chi connectivity index (χ2v) is 7.76. The minimum atomic E-state index is 0.0200. The first kappa shape index (κ1) is 17.8. The molecule has 4 rings (SSSR count). The van der Waals surface area contributed by atoms with Crippen molar-refractivity contribution in [3.63, 3.8) is 0 Å². The van der Waals surface area contributed by atoms with Crippen LogP contribution in [0.15, 0.2) is 54.9 Å². The number of aromatic nitrogens is 3. The van der Waals surface area contributed by atoms with Crippen LogP contribution in [-0.4, -0.2) is 37.9 Å². The Morgan fingerprint density at radius 1 is 1.15 bits per heavy atom. The van der Waals surface area contributed by atoms with Crippen molar-refractivity contribution in [1.82, 2.24) is 19.7 Å². The van der Waals surface area contributed by atoms with Gasteiger partial charge in [-0.1, -0.05) is 24.3 Å². The molecule has 0 bridgehead atoms. The molecule has 0 aliphatic carbocycles. The van der Waals surface area contributed by atoms with E-state index in [9.17, 15) is 4.79 Å². The van der Waals surface area contributed by atoms with Gasteiger partial charge in [0.1, 0.15) is 5.37 Å². The number of carbonyl (C=O) groups excluding carboxylic acids is 1. The average Bonchev–Trinajstić information content (AvgIpc) is 3.20. The molecule has 1 aliphatic rings. The number of benzene rings is 1. The smallest absolute Gasteiger partial charge is 0.233 e. The molecule has 6 heteroatoms. The minimum absolute atomic E-state index is 0.0200. The first-order valence-electron chi connectivity index (χ1n) is 9.06. The number of rotatable bonds is 5. The molecule has 1 saturated heterocycles. The largest absolute Gasteiger partial charge is 0.325 e. The third-order valence-electron chi connectivity index (χ3n) is 4.93. The van der Waals surface area contributed by atoms with Crippen LogP contribution in [0.3, 0.4) is 0 Å². The van der Waals surface area contributed by atoms with Gasteiger partial charge in [0.2, 0.25) is 5.91 Å². The van der Waals surface area contributed by atoms with E-state index in [1.165, 1.54) is 0 Å². The fraction of sp³-hybridized carbons (Fsp3) is 0.286. The molecule has 3 aromatic rings. The van der Waals surface area contributed by atoms with Gasteiger partial charge < -0.3 is 4.90 Å². The third-order valence-corrected chi connectivity index (χ3v) is 6.15. The van der Waals surface area contributed by atoms with E-state index < -0.39 is 0 Å². The van der Waals surface area contributed by atoms with Crippen molar-refractivity contribution in [2.24, 2.45) is 0 Å². The minimum Gasteiger partial charge on any atom is -0.325 e. The predicted octanol–water partition coefficient (Wildman–Crippen LogP) is 3.70. The molecule has 138 valence electrons. The van der Waals surface area contributed by atoms with Gasteiger partial charge in [-0.25, -0.2) is 4.68 Å². The number of carbonyl (C=O) groups is 1. The summed E-state index contributed by atoms with van der Waals surface area (Å²) in [5.74, 6) is 0.716. The maximum Gasteiger partial charge on any atom is 0.233 e. The van der Waals surface area contributed by atoms with Crippen LogP contribution < -0.4 is 0 Å². The summed E-state index contributed by atoms with van der Waals surface area (Å²) in [7, 11) is 0. The van der Waals surface area contributed by atoms with Crippen LogP contribution in [0, 0.1) is 13.8 Å². The van der Waals surface area contributed by atoms with Gasteiger partial charge in [-0.05, 0) is 44.0 Å². The van der Waals surface area contributed by atoms with Crippen molar-refractivity contribution in [1.29, 1.82) is 0 Å². The molecule has 0 saturated carbocycles. The molecule has 0 radical (unpaired) electrons. The Morgan fingerprint density at radius 3 is 2.70 bits per heavy atom. The molecular weight excluding hydrogens is 356 g/mol. The molecule has 5 nitrogen and oxygen atoms in total. The van der Waals surface area contributed by atoms with E-state index in [1.54, 1.807) is 18.0 Å². The Bertz CT molecular complexity index is 940. The van der Waals surface area contributed by atoms with Crippen molar-refractivity contribution in [3.8, 4) is 5.69 Å². The van der Waals surface area contributed by atoms with Crippen molar-refractivity contribution in [3.05, 3.63) is 77.4 Å². The van der Waals surface area contributed by atoms with Crippen molar-refractivity contribution in [2.45, 2.75) is 25.6 Å². The first-order valence-corrected chi connectivity index (χ1v) is 10.1. The Morgan fingerprint density at radius 2 is 1.96 bits per heavy atom. The monoisotopic (exact) mass is 378 g/mol. The van der Waals surface area contributed by atoms with E-state index in [0.717, 1.165) is 34.6 Å². The molecule has 0 spiro atoms. The van der Waals surface area contributed by atoms with Gasteiger partial charge in [0.25, 0.3) is 0 Å². The van der Waals surface area contributed by atoms with Crippen molar-refractivity contribution < 1.29 is 4.79 Å². The normalized spacial score (nSPS) is 16.9. The summed E-state index contributed by atoms with van der Waals surface area (Å²) in [6.45, 7) is 4.81. The quantitative estimate of drug-likeness (QED) is 0.679. The Labute approximate surface area is 163 Å². The fourth-order valence-corrected chi connectivity index (χ4v) is 4.94. The number of nitrogens with zero attached hydrogens (tertiary/aromatic N) is 4. The summed E-state index contributed by atoms with van der Waals surface area (Å²) >= 11 is 1.69. The van der Waals surface area contributed by atoms with E-state index in [4.69, 9.17) is 5.10 Å². The molecule has 0 N–H and O–H groups in total. The summed E-state index contributed by atoms with van der Waals surface area (Å²) in [6, 6.07) is 14.1. The van der Waals surface area contributed by atoms with Crippen molar-refractivity contribution in [2.75, 3.05) is 12.3 Å². The molecule has 1 atom stereocenters. The predicted molar refractivity (Wildman–Crippen MR) is 108 cm³/mol. The van der Waals surface area contributed by atoms with Gasteiger partial charge in [0, 0.05) is 30.2 Å². The molecule has 1 unspecified atom stereocenters. The number of hydrogen-bond acceptors (Lipinski definition) is 4.